The molecule has 140 valence electrons. The molecule has 2 heterocycles. The summed E-state index contributed by atoms with van der Waals surface area (Å²) in [5.41, 5.74) is 2.67. The number of nitrogens with one attached hydrogen (secondary N) is 2. The van der Waals surface area contributed by atoms with Gasteiger partial charge < -0.3 is 15.4 Å². The molecule has 3 aromatic rings. The number of hydrogen-bond donors (Lipinski definition) is 4. The highest BCUT2D eigenvalue weighted by Gasteiger charge is 2.16. The van der Waals surface area contributed by atoms with E-state index in [-0.39, 0.29) is 0 Å². The van der Waals surface area contributed by atoms with Crippen LogP contribution in [0.4, 0.5) is 11.5 Å². The predicted molar refractivity (Wildman–Crippen MR) is 104 cm³/mol. The lowest BCUT2D eigenvalue weighted by Gasteiger charge is -2.21. The molecule has 0 spiro atoms. The van der Waals surface area contributed by atoms with Crippen molar-refractivity contribution in [2.75, 3.05) is 10.9 Å². The highest BCUT2D eigenvalue weighted by Crippen LogP contribution is 2.21. The molecule has 1 aromatic carbocycles. The van der Waals surface area contributed by atoms with Gasteiger partial charge in [-0.25, -0.2) is 9.78 Å². The number of fused-ring (bicyclic) bond motifs is 1. The Kier molecular flexibility index (Phi) is 5.13. The Morgan fingerprint density at radius 1 is 1.19 bits per heavy atom. The van der Waals surface area contributed by atoms with Crippen LogP contribution in [0.5, 0.6) is 0 Å². The monoisotopic (exact) mass is 369 g/mol. The SMILES string of the molecule is CC(C)(C)ONn1c(=O)nc(Nc2cccc(B(O)O)c2)c2cccnc21. The molecule has 0 amide bonds. The van der Waals surface area contributed by atoms with Crippen LogP contribution in [-0.4, -0.2) is 37.4 Å². The fraction of sp³-hybridized carbons (Fsp3) is 0.235. The Bertz CT molecular complexity index is 1020. The van der Waals surface area contributed by atoms with E-state index in [2.05, 4.69) is 20.9 Å². The molecule has 9 nitrogen and oxygen atoms in total. The normalized spacial score (nSPS) is 11.4. The van der Waals surface area contributed by atoms with Gasteiger partial charge in [0.05, 0.1) is 11.0 Å². The number of anilines is 2. The van der Waals surface area contributed by atoms with Crippen LogP contribution in [0.2, 0.25) is 0 Å². The minimum absolute atomic E-state index is 0.293. The maximum atomic E-state index is 12.5. The molecule has 0 radical (unpaired) electrons. The van der Waals surface area contributed by atoms with E-state index in [1.165, 1.54) is 0 Å². The number of pyridine rings is 1. The first-order chi connectivity index (χ1) is 12.7. The Morgan fingerprint density at radius 3 is 2.67 bits per heavy atom. The van der Waals surface area contributed by atoms with Gasteiger partial charge in [-0.05, 0) is 50.5 Å². The van der Waals surface area contributed by atoms with Crippen LogP contribution in [0.3, 0.4) is 0 Å². The molecule has 4 N–H and O–H groups in total. The van der Waals surface area contributed by atoms with Gasteiger partial charge in [-0.2, -0.15) is 15.2 Å². The van der Waals surface area contributed by atoms with E-state index in [4.69, 9.17) is 4.84 Å². The molecule has 10 heteroatoms. The summed E-state index contributed by atoms with van der Waals surface area (Å²) in [4.78, 5) is 26.3. The van der Waals surface area contributed by atoms with E-state index in [9.17, 15) is 14.8 Å². The number of aromatic nitrogens is 3. The first kappa shape index (κ1) is 18.8. The van der Waals surface area contributed by atoms with Gasteiger partial charge in [-0.3, -0.25) is 4.84 Å². The summed E-state index contributed by atoms with van der Waals surface area (Å²) in [7, 11) is -1.59. The van der Waals surface area contributed by atoms with Crippen molar-refractivity contribution in [2.24, 2.45) is 0 Å². The second-order valence-electron chi connectivity index (χ2n) is 6.88. The molecule has 0 saturated heterocycles. The van der Waals surface area contributed by atoms with Crippen molar-refractivity contribution in [1.82, 2.24) is 14.6 Å². The summed E-state index contributed by atoms with van der Waals surface area (Å²) in [6, 6.07) is 10.0. The quantitative estimate of drug-likeness (QED) is 0.379. The van der Waals surface area contributed by atoms with Crippen LogP contribution >= 0.6 is 0 Å². The van der Waals surface area contributed by atoms with Gasteiger partial charge in [-0.15, -0.1) is 0 Å². The number of hydrogen-bond acceptors (Lipinski definition) is 8. The van der Waals surface area contributed by atoms with Gasteiger partial charge in [0, 0.05) is 11.9 Å². The number of rotatable bonds is 5. The zero-order chi connectivity index (χ0) is 19.6. The highest BCUT2D eigenvalue weighted by molar-refractivity contribution is 6.58. The zero-order valence-corrected chi connectivity index (χ0v) is 15.2. The average molecular weight is 369 g/mol. The molecule has 3 rings (SSSR count). The van der Waals surface area contributed by atoms with Crippen LogP contribution < -0.4 is 22.1 Å². The number of nitrogens with zero attached hydrogens (tertiary/aromatic N) is 3. The standard InChI is InChI=1S/C17H20BN5O4/c1-17(2,3)27-22-23-15-13(8-5-9-19-15)14(21-16(23)24)20-12-7-4-6-11(10-12)18(25)26/h4-10,22,25-26H,1-3H3,(H,20,21,24). The summed E-state index contributed by atoms with van der Waals surface area (Å²) in [6.45, 7) is 5.52. The van der Waals surface area contributed by atoms with Gasteiger partial charge in [0.15, 0.2) is 5.65 Å². The van der Waals surface area contributed by atoms with Crippen LogP contribution in [-0.2, 0) is 4.84 Å². The van der Waals surface area contributed by atoms with Gasteiger partial charge in [0.1, 0.15) is 5.82 Å². The Hall–Kier alpha value is -2.95. The molecular weight excluding hydrogens is 349 g/mol. The average Bonchev–Trinajstić information content (AvgIpc) is 2.60. The summed E-state index contributed by atoms with van der Waals surface area (Å²) in [5.74, 6) is 0.293. The Morgan fingerprint density at radius 2 is 1.96 bits per heavy atom. The molecule has 0 atom stereocenters. The summed E-state index contributed by atoms with van der Waals surface area (Å²) in [6.07, 6.45) is 1.56. The Labute approximate surface area is 155 Å². The van der Waals surface area contributed by atoms with E-state index in [0.29, 0.717) is 28.0 Å². The maximum Gasteiger partial charge on any atom is 0.488 e. The molecule has 27 heavy (non-hydrogen) atoms. The van der Waals surface area contributed by atoms with Gasteiger partial charge in [0.25, 0.3) is 0 Å². The van der Waals surface area contributed by atoms with Crippen molar-refractivity contribution in [3.05, 3.63) is 53.1 Å². The lowest BCUT2D eigenvalue weighted by Crippen LogP contribution is -2.36. The van der Waals surface area contributed by atoms with Crippen molar-refractivity contribution in [1.29, 1.82) is 0 Å². The molecule has 0 unspecified atom stereocenters. The Balaban J connectivity index is 2.03. The molecule has 0 bridgehead atoms. The van der Waals surface area contributed by atoms with E-state index in [1.54, 1.807) is 42.6 Å². The third-order valence-electron chi connectivity index (χ3n) is 3.54. The van der Waals surface area contributed by atoms with E-state index in [0.717, 1.165) is 4.68 Å². The van der Waals surface area contributed by atoms with Gasteiger partial charge in [0.2, 0.25) is 0 Å². The third-order valence-corrected chi connectivity index (χ3v) is 3.54. The van der Waals surface area contributed by atoms with Crippen molar-refractivity contribution in [3.8, 4) is 0 Å². The van der Waals surface area contributed by atoms with Crippen LogP contribution in [0.25, 0.3) is 11.0 Å². The molecule has 0 aliphatic carbocycles. The third kappa shape index (κ3) is 4.43. The molecule has 0 aliphatic heterocycles. The van der Waals surface area contributed by atoms with Crippen molar-refractivity contribution in [2.45, 2.75) is 26.4 Å². The second-order valence-corrected chi connectivity index (χ2v) is 6.88. The number of benzene rings is 1. The van der Waals surface area contributed by atoms with E-state index >= 15 is 0 Å². The van der Waals surface area contributed by atoms with Gasteiger partial charge >= 0.3 is 12.8 Å². The molecule has 0 saturated carbocycles. The molecule has 0 aliphatic rings. The zero-order valence-electron chi connectivity index (χ0n) is 15.2. The minimum atomic E-state index is -1.59. The first-order valence-corrected chi connectivity index (χ1v) is 8.29. The van der Waals surface area contributed by atoms with Crippen molar-refractivity contribution >= 4 is 35.1 Å². The van der Waals surface area contributed by atoms with E-state index in [1.807, 2.05) is 20.8 Å². The lowest BCUT2D eigenvalue weighted by molar-refractivity contribution is 0.0130. The second kappa shape index (κ2) is 7.35. The minimum Gasteiger partial charge on any atom is -0.423 e. The highest BCUT2D eigenvalue weighted by atomic mass is 16.7. The summed E-state index contributed by atoms with van der Waals surface area (Å²) < 4.78 is 1.12. The first-order valence-electron chi connectivity index (χ1n) is 8.29. The molecule has 0 fully saturated rings. The molecule has 2 aromatic heterocycles. The fourth-order valence-electron chi connectivity index (χ4n) is 2.33. The van der Waals surface area contributed by atoms with Crippen LogP contribution in [0, 0.1) is 0 Å². The van der Waals surface area contributed by atoms with Crippen LogP contribution in [0.1, 0.15) is 20.8 Å². The fourth-order valence-corrected chi connectivity index (χ4v) is 2.33. The van der Waals surface area contributed by atoms with Gasteiger partial charge in [-0.1, -0.05) is 12.1 Å². The summed E-state index contributed by atoms with van der Waals surface area (Å²) in [5, 5.41) is 22.2. The molecular formula is C17H20BN5O4. The van der Waals surface area contributed by atoms with Crippen molar-refractivity contribution < 1.29 is 14.9 Å². The largest absolute Gasteiger partial charge is 0.488 e. The topological polar surface area (TPSA) is 122 Å². The summed E-state index contributed by atoms with van der Waals surface area (Å²) >= 11 is 0. The van der Waals surface area contributed by atoms with E-state index < -0.39 is 18.4 Å². The predicted octanol–water partition coefficient (Wildman–Crippen LogP) is 0.488. The van der Waals surface area contributed by atoms with Crippen LogP contribution in [0.15, 0.2) is 47.4 Å². The van der Waals surface area contributed by atoms with Crippen molar-refractivity contribution in [3.63, 3.8) is 0 Å². The smallest absolute Gasteiger partial charge is 0.423 e. The lowest BCUT2D eigenvalue weighted by atomic mass is 9.80. The maximum absolute atomic E-state index is 12.5.